The number of allylic oxidation sites excluding steroid dienone is 2. The Hall–Kier alpha value is -1.10. The zero-order valence-electron chi connectivity index (χ0n) is 16.2. The monoisotopic (exact) mass is 382 g/mol. The van der Waals surface area contributed by atoms with E-state index in [2.05, 4.69) is 24.3 Å². The molecule has 1 rings (SSSR count). The van der Waals surface area contributed by atoms with Gasteiger partial charge in [-0.05, 0) is 38.0 Å². The van der Waals surface area contributed by atoms with Crippen molar-refractivity contribution in [2.45, 2.75) is 82.8 Å². The molecule has 0 aromatic rings. The third kappa shape index (κ3) is 8.52. The highest BCUT2D eigenvalue weighted by Crippen LogP contribution is 2.38. The van der Waals surface area contributed by atoms with Crippen molar-refractivity contribution in [1.82, 2.24) is 0 Å². The van der Waals surface area contributed by atoms with Crippen molar-refractivity contribution in [1.29, 1.82) is 0 Å². The van der Waals surface area contributed by atoms with E-state index in [0.29, 0.717) is 37.9 Å². The SMILES string of the molecule is CCCCCC(=O)CCC1C(C/C=C\CCCC(=O)OC)C(=O)C[C@H]1S. The van der Waals surface area contributed by atoms with Gasteiger partial charge in [0.2, 0.25) is 0 Å². The van der Waals surface area contributed by atoms with Gasteiger partial charge in [0.05, 0.1) is 7.11 Å². The maximum atomic E-state index is 12.3. The number of ketones is 2. The zero-order valence-corrected chi connectivity index (χ0v) is 17.1. The lowest BCUT2D eigenvalue weighted by molar-refractivity contribution is -0.140. The van der Waals surface area contributed by atoms with Crippen LogP contribution in [0.15, 0.2) is 12.2 Å². The summed E-state index contributed by atoms with van der Waals surface area (Å²) < 4.78 is 4.61. The zero-order chi connectivity index (χ0) is 19.4. The van der Waals surface area contributed by atoms with Crippen LogP contribution in [0.1, 0.15) is 77.6 Å². The van der Waals surface area contributed by atoms with Gasteiger partial charge >= 0.3 is 5.97 Å². The summed E-state index contributed by atoms with van der Waals surface area (Å²) in [5, 5.41) is 0.0728. The van der Waals surface area contributed by atoms with Crippen molar-refractivity contribution < 1.29 is 19.1 Å². The van der Waals surface area contributed by atoms with Gasteiger partial charge in [0.1, 0.15) is 11.6 Å². The van der Waals surface area contributed by atoms with Gasteiger partial charge in [-0.3, -0.25) is 14.4 Å². The Morgan fingerprint density at radius 1 is 1.15 bits per heavy atom. The van der Waals surface area contributed by atoms with Crippen molar-refractivity contribution in [3.8, 4) is 0 Å². The molecule has 0 aliphatic heterocycles. The fourth-order valence-corrected chi connectivity index (χ4v) is 4.10. The fourth-order valence-electron chi connectivity index (χ4n) is 3.57. The second-order valence-corrected chi connectivity index (χ2v) is 7.88. The molecular weight excluding hydrogens is 348 g/mol. The number of carbonyl (C=O) groups excluding carboxylic acids is 3. The van der Waals surface area contributed by atoms with Crippen LogP contribution in [-0.4, -0.2) is 29.9 Å². The summed E-state index contributed by atoms with van der Waals surface area (Å²) >= 11 is 4.60. The predicted molar refractivity (Wildman–Crippen MR) is 107 cm³/mol. The molecule has 4 nitrogen and oxygen atoms in total. The van der Waals surface area contributed by atoms with E-state index < -0.39 is 0 Å². The van der Waals surface area contributed by atoms with Crippen LogP contribution < -0.4 is 0 Å². The van der Waals surface area contributed by atoms with Gasteiger partial charge in [-0.2, -0.15) is 12.6 Å². The van der Waals surface area contributed by atoms with Crippen LogP contribution in [0.5, 0.6) is 0 Å². The molecule has 0 radical (unpaired) electrons. The molecule has 0 aromatic carbocycles. The molecule has 1 aliphatic carbocycles. The van der Waals surface area contributed by atoms with Gasteiger partial charge in [-0.25, -0.2) is 0 Å². The number of hydrogen-bond donors (Lipinski definition) is 1. The van der Waals surface area contributed by atoms with Crippen LogP contribution in [-0.2, 0) is 19.1 Å². The number of ether oxygens (including phenoxy) is 1. The first kappa shape index (κ1) is 22.9. The lowest BCUT2D eigenvalue weighted by Gasteiger charge is -2.20. The minimum absolute atomic E-state index is 0.0159. The molecule has 26 heavy (non-hydrogen) atoms. The molecule has 1 aliphatic rings. The number of methoxy groups -OCH3 is 1. The summed E-state index contributed by atoms with van der Waals surface area (Å²) in [5.74, 6) is 0.576. The first-order valence-corrected chi connectivity index (χ1v) is 10.5. The summed E-state index contributed by atoms with van der Waals surface area (Å²) in [4.78, 5) is 35.3. The van der Waals surface area contributed by atoms with E-state index in [-0.39, 0.29) is 28.8 Å². The standard InChI is InChI=1S/C21H34O4S/c1-3-4-7-10-16(22)13-14-18-17(19(23)15-20(18)26)11-8-5-6-9-12-21(24)25-2/h5,8,17-18,20,26H,3-4,6-7,9-15H2,1-2H3/b8-5-/t17?,18?,20-/m1/s1. The van der Waals surface area contributed by atoms with E-state index in [1.165, 1.54) is 7.11 Å². The Morgan fingerprint density at radius 3 is 2.62 bits per heavy atom. The molecule has 148 valence electrons. The lowest BCUT2D eigenvalue weighted by atomic mass is 9.87. The van der Waals surface area contributed by atoms with Crippen LogP contribution in [0.3, 0.4) is 0 Å². The van der Waals surface area contributed by atoms with Gasteiger partial charge in [-0.15, -0.1) is 0 Å². The second-order valence-electron chi connectivity index (χ2n) is 7.22. The molecule has 0 N–H and O–H groups in total. The smallest absolute Gasteiger partial charge is 0.305 e. The number of Topliss-reactive ketones (excluding diaryl/α,β-unsaturated/α-hetero) is 2. The van der Waals surface area contributed by atoms with Crippen LogP contribution in [0.2, 0.25) is 0 Å². The maximum Gasteiger partial charge on any atom is 0.305 e. The first-order chi connectivity index (χ1) is 12.5. The third-order valence-corrected chi connectivity index (χ3v) is 5.75. The van der Waals surface area contributed by atoms with E-state index >= 15 is 0 Å². The number of thiol groups is 1. The molecule has 0 spiro atoms. The molecule has 2 unspecified atom stereocenters. The normalized spacial score (nSPS) is 22.9. The highest BCUT2D eigenvalue weighted by Gasteiger charge is 2.39. The Kier molecular flexibility index (Phi) is 11.6. The molecule has 0 aromatic heterocycles. The van der Waals surface area contributed by atoms with E-state index in [0.717, 1.165) is 38.5 Å². The number of rotatable bonds is 13. The van der Waals surface area contributed by atoms with Gasteiger partial charge in [-0.1, -0.05) is 31.9 Å². The summed E-state index contributed by atoms with van der Waals surface area (Å²) in [6.45, 7) is 2.13. The quantitative estimate of drug-likeness (QED) is 0.217. The van der Waals surface area contributed by atoms with Gasteiger partial charge < -0.3 is 4.74 Å². The van der Waals surface area contributed by atoms with Gasteiger partial charge in [0.25, 0.3) is 0 Å². The van der Waals surface area contributed by atoms with Crippen LogP contribution >= 0.6 is 12.6 Å². The van der Waals surface area contributed by atoms with E-state index in [1.807, 2.05) is 12.2 Å². The Morgan fingerprint density at radius 2 is 1.92 bits per heavy atom. The predicted octanol–water partition coefficient (Wildman–Crippen LogP) is 4.71. The number of carbonyl (C=O) groups is 3. The average molecular weight is 383 g/mol. The molecule has 3 atom stereocenters. The number of hydrogen-bond acceptors (Lipinski definition) is 5. The summed E-state index contributed by atoms with van der Waals surface area (Å²) in [6, 6.07) is 0. The number of esters is 1. The average Bonchev–Trinajstić information content (AvgIpc) is 2.89. The fraction of sp³-hybridized carbons (Fsp3) is 0.762. The minimum atomic E-state index is -0.189. The maximum absolute atomic E-state index is 12.3. The first-order valence-electron chi connectivity index (χ1n) is 9.93. The second kappa shape index (κ2) is 13.1. The van der Waals surface area contributed by atoms with Gasteiger partial charge in [0.15, 0.2) is 0 Å². The molecular formula is C21H34O4S. The van der Waals surface area contributed by atoms with E-state index in [9.17, 15) is 14.4 Å². The third-order valence-electron chi connectivity index (χ3n) is 5.19. The van der Waals surface area contributed by atoms with Crippen molar-refractivity contribution in [3.05, 3.63) is 12.2 Å². The molecule has 0 bridgehead atoms. The number of unbranched alkanes of at least 4 members (excludes halogenated alkanes) is 3. The van der Waals surface area contributed by atoms with Crippen LogP contribution in [0, 0.1) is 11.8 Å². The van der Waals surface area contributed by atoms with Crippen LogP contribution in [0.25, 0.3) is 0 Å². The molecule has 0 heterocycles. The molecule has 0 amide bonds. The Balaban J connectivity index is 2.38. The van der Waals surface area contributed by atoms with Crippen molar-refractivity contribution in [3.63, 3.8) is 0 Å². The van der Waals surface area contributed by atoms with Crippen LogP contribution in [0.4, 0.5) is 0 Å². The molecule has 5 heteroatoms. The molecule has 1 fully saturated rings. The molecule has 0 saturated heterocycles. The van der Waals surface area contributed by atoms with Crippen molar-refractivity contribution >= 4 is 30.2 Å². The lowest BCUT2D eigenvalue weighted by Crippen LogP contribution is -2.19. The summed E-state index contributed by atoms with van der Waals surface area (Å²) in [6.07, 6.45) is 12.5. The summed E-state index contributed by atoms with van der Waals surface area (Å²) in [7, 11) is 1.40. The highest BCUT2D eigenvalue weighted by molar-refractivity contribution is 7.81. The topological polar surface area (TPSA) is 60.4 Å². The summed E-state index contributed by atoms with van der Waals surface area (Å²) in [5.41, 5.74) is 0. The Bertz CT molecular complexity index is 486. The minimum Gasteiger partial charge on any atom is -0.469 e. The van der Waals surface area contributed by atoms with Crippen molar-refractivity contribution in [2.24, 2.45) is 11.8 Å². The van der Waals surface area contributed by atoms with E-state index in [4.69, 9.17) is 0 Å². The van der Waals surface area contributed by atoms with E-state index in [1.54, 1.807) is 0 Å². The van der Waals surface area contributed by atoms with Gasteiger partial charge in [0, 0.05) is 36.9 Å². The Labute approximate surface area is 163 Å². The highest BCUT2D eigenvalue weighted by atomic mass is 32.1. The largest absolute Gasteiger partial charge is 0.469 e. The van der Waals surface area contributed by atoms with Crippen molar-refractivity contribution in [2.75, 3.05) is 7.11 Å². The molecule has 1 saturated carbocycles.